The maximum Gasteiger partial charge on any atom is 0.407 e. The minimum atomic E-state index is -0.551. The molecule has 0 aliphatic heterocycles. The molecule has 2 N–H and O–H groups in total. The number of rotatable bonds is 7. The fraction of sp³-hybridized carbons (Fsp3) is 0.826. The number of hydrogen-bond donors (Lipinski definition) is 2. The summed E-state index contributed by atoms with van der Waals surface area (Å²) >= 11 is 0. The molecule has 0 spiro atoms. The van der Waals surface area contributed by atoms with E-state index >= 15 is 0 Å². The van der Waals surface area contributed by atoms with Crippen molar-refractivity contribution in [2.24, 2.45) is 17.8 Å². The molecule has 9 heteroatoms. The summed E-state index contributed by atoms with van der Waals surface area (Å²) in [5, 5.41) is 9.92. The maximum atomic E-state index is 11.9. The predicted molar refractivity (Wildman–Crippen MR) is 116 cm³/mol. The number of nitrogens with one attached hydrogen (secondary N) is 2. The fourth-order valence-electron chi connectivity index (χ4n) is 6.25. The standard InChI is InChI=1S/C23H36N4O5/c1-22(2,3)31-20(28)24-7-5-6-17(25-21(29)30-4)18-26-19(27-32-18)23-11-14-8-15(12-23)10-16(9-14)13-23/h14-17H,5-13H2,1-4H3,(H,24,28)(H,25,29)/t14?,15?,16?,17-,23?/m0/s1. The van der Waals surface area contributed by atoms with Gasteiger partial charge in [-0.25, -0.2) is 9.59 Å². The Morgan fingerprint density at radius 1 is 1.12 bits per heavy atom. The van der Waals surface area contributed by atoms with Gasteiger partial charge in [0.15, 0.2) is 5.82 Å². The van der Waals surface area contributed by atoms with Crippen LogP contribution in [0.25, 0.3) is 0 Å². The molecule has 4 saturated carbocycles. The van der Waals surface area contributed by atoms with Gasteiger partial charge in [-0.3, -0.25) is 0 Å². The normalized spacial score (nSPS) is 29.4. The molecule has 178 valence electrons. The van der Waals surface area contributed by atoms with Crippen molar-refractivity contribution >= 4 is 12.2 Å². The molecule has 0 radical (unpaired) electrons. The van der Waals surface area contributed by atoms with E-state index in [1.54, 1.807) is 0 Å². The number of nitrogens with zero attached hydrogens (tertiary/aromatic N) is 2. The SMILES string of the molecule is COC(=O)N[C@@H](CCCNC(=O)OC(C)(C)C)c1nc(C23CC4CC(CC(C4)C2)C3)no1. The van der Waals surface area contributed by atoms with Crippen molar-refractivity contribution in [2.45, 2.75) is 89.2 Å². The molecule has 0 unspecified atom stereocenters. The number of carbonyl (C=O) groups is 2. The summed E-state index contributed by atoms with van der Waals surface area (Å²) in [5.41, 5.74) is -0.513. The van der Waals surface area contributed by atoms with Crippen molar-refractivity contribution in [2.75, 3.05) is 13.7 Å². The maximum absolute atomic E-state index is 11.9. The smallest absolute Gasteiger partial charge is 0.407 e. The van der Waals surface area contributed by atoms with Crippen LogP contribution in [0.5, 0.6) is 0 Å². The van der Waals surface area contributed by atoms with Gasteiger partial charge in [0.25, 0.3) is 0 Å². The molecule has 1 atom stereocenters. The van der Waals surface area contributed by atoms with Gasteiger partial charge < -0.3 is 24.6 Å². The van der Waals surface area contributed by atoms with Gasteiger partial charge in [0.1, 0.15) is 11.6 Å². The summed E-state index contributed by atoms with van der Waals surface area (Å²) in [6, 6.07) is -0.474. The van der Waals surface area contributed by atoms with Crippen LogP contribution >= 0.6 is 0 Å². The van der Waals surface area contributed by atoms with E-state index in [1.807, 2.05) is 20.8 Å². The van der Waals surface area contributed by atoms with Crippen LogP contribution in [0.2, 0.25) is 0 Å². The number of carbonyl (C=O) groups excluding carboxylic acids is 2. The summed E-state index contributed by atoms with van der Waals surface area (Å²) < 4.78 is 15.7. The monoisotopic (exact) mass is 448 g/mol. The summed E-state index contributed by atoms with van der Waals surface area (Å²) in [4.78, 5) is 28.5. The van der Waals surface area contributed by atoms with Crippen molar-refractivity contribution in [3.05, 3.63) is 11.7 Å². The Bertz CT molecular complexity index is 795. The zero-order chi connectivity index (χ0) is 22.9. The largest absolute Gasteiger partial charge is 0.453 e. The van der Waals surface area contributed by atoms with Crippen molar-refractivity contribution in [3.63, 3.8) is 0 Å². The Kier molecular flexibility index (Phi) is 6.36. The van der Waals surface area contributed by atoms with Crippen molar-refractivity contribution in [1.29, 1.82) is 0 Å². The van der Waals surface area contributed by atoms with Gasteiger partial charge in [0.2, 0.25) is 5.89 Å². The van der Waals surface area contributed by atoms with Crippen LogP contribution in [0.4, 0.5) is 9.59 Å². The van der Waals surface area contributed by atoms with Gasteiger partial charge in [-0.05, 0) is 89.9 Å². The second kappa shape index (κ2) is 8.90. The molecule has 2 amide bonds. The Morgan fingerprint density at radius 3 is 2.31 bits per heavy atom. The minimum absolute atomic E-state index is 0.0323. The number of amides is 2. The first-order valence-electron chi connectivity index (χ1n) is 11.8. The van der Waals surface area contributed by atoms with Crippen LogP contribution in [-0.2, 0) is 14.9 Å². The van der Waals surface area contributed by atoms with E-state index < -0.39 is 23.8 Å². The molecule has 4 aliphatic rings. The Labute approximate surface area is 189 Å². The molecule has 4 bridgehead atoms. The molecule has 1 heterocycles. The third-order valence-corrected chi connectivity index (χ3v) is 7.07. The second-order valence-electron chi connectivity index (χ2n) is 10.9. The van der Waals surface area contributed by atoms with Crippen LogP contribution in [0.3, 0.4) is 0 Å². The molecule has 32 heavy (non-hydrogen) atoms. The number of alkyl carbamates (subject to hydrolysis) is 2. The molecule has 9 nitrogen and oxygen atoms in total. The quantitative estimate of drug-likeness (QED) is 0.599. The van der Waals surface area contributed by atoms with Crippen LogP contribution in [0.1, 0.15) is 89.9 Å². The Morgan fingerprint density at radius 2 is 1.75 bits per heavy atom. The average molecular weight is 449 g/mol. The number of aromatic nitrogens is 2. The lowest BCUT2D eigenvalue weighted by molar-refractivity contribution is -0.0103. The Balaban J connectivity index is 1.39. The second-order valence-corrected chi connectivity index (χ2v) is 10.9. The first-order valence-corrected chi connectivity index (χ1v) is 11.8. The Hall–Kier alpha value is -2.32. The predicted octanol–water partition coefficient (Wildman–Crippen LogP) is 4.24. The van der Waals surface area contributed by atoms with E-state index in [0.29, 0.717) is 25.3 Å². The highest BCUT2D eigenvalue weighted by Gasteiger charge is 2.54. The average Bonchev–Trinajstić information content (AvgIpc) is 3.19. The van der Waals surface area contributed by atoms with E-state index in [9.17, 15) is 9.59 Å². The third-order valence-electron chi connectivity index (χ3n) is 7.07. The minimum Gasteiger partial charge on any atom is -0.453 e. The van der Waals surface area contributed by atoms with Crippen LogP contribution in [0.15, 0.2) is 4.52 Å². The summed E-state index contributed by atoms with van der Waals surface area (Å²) in [7, 11) is 1.32. The van der Waals surface area contributed by atoms with Gasteiger partial charge in [0, 0.05) is 12.0 Å². The molecular weight excluding hydrogens is 412 g/mol. The highest BCUT2D eigenvalue weighted by molar-refractivity contribution is 5.68. The lowest BCUT2D eigenvalue weighted by atomic mass is 9.49. The van der Waals surface area contributed by atoms with Gasteiger partial charge in [-0.2, -0.15) is 4.98 Å². The lowest BCUT2D eigenvalue weighted by Crippen LogP contribution is -2.49. The van der Waals surface area contributed by atoms with Crippen molar-refractivity contribution in [3.8, 4) is 0 Å². The van der Waals surface area contributed by atoms with Crippen LogP contribution < -0.4 is 10.6 Å². The molecular formula is C23H36N4O5. The first-order chi connectivity index (χ1) is 15.2. The molecule has 4 aliphatic carbocycles. The molecule has 5 rings (SSSR count). The van der Waals surface area contributed by atoms with Gasteiger partial charge >= 0.3 is 12.2 Å². The van der Waals surface area contributed by atoms with E-state index in [2.05, 4.69) is 15.8 Å². The van der Waals surface area contributed by atoms with Crippen LogP contribution in [0, 0.1) is 17.8 Å². The van der Waals surface area contributed by atoms with Crippen molar-refractivity contribution in [1.82, 2.24) is 20.8 Å². The van der Waals surface area contributed by atoms with Crippen LogP contribution in [-0.4, -0.2) is 41.6 Å². The molecule has 0 saturated heterocycles. The van der Waals surface area contributed by atoms with E-state index in [0.717, 1.165) is 42.8 Å². The zero-order valence-electron chi connectivity index (χ0n) is 19.6. The summed E-state index contributed by atoms with van der Waals surface area (Å²) in [6.07, 6.45) is 7.59. The van der Waals surface area contributed by atoms with E-state index in [-0.39, 0.29) is 5.41 Å². The first kappa shape index (κ1) is 22.9. The molecule has 0 aromatic carbocycles. The van der Waals surface area contributed by atoms with Crippen molar-refractivity contribution < 1.29 is 23.6 Å². The highest BCUT2D eigenvalue weighted by Crippen LogP contribution is 2.60. The van der Waals surface area contributed by atoms with Gasteiger partial charge in [-0.15, -0.1) is 0 Å². The summed E-state index contributed by atoms with van der Waals surface area (Å²) in [6.45, 7) is 5.86. The topological polar surface area (TPSA) is 116 Å². The zero-order valence-corrected chi connectivity index (χ0v) is 19.6. The third kappa shape index (κ3) is 5.18. The number of methoxy groups -OCH3 is 1. The van der Waals surface area contributed by atoms with Gasteiger partial charge in [0.05, 0.1) is 7.11 Å². The number of ether oxygens (including phenoxy) is 2. The van der Waals surface area contributed by atoms with E-state index in [1.165, 1.54) is 26.4 Å². The highest BCUT2D eigenvalue weighted by atomic mass is 16.6. The fourth-order valence-corrected chi connectivity index (χ4v) is 6.25. The molecule has 1 aromatic heterocycles. The lowest BCUT2D eigenvalue weighted by Gasteiger charge is -2.55. The van der Waals surface area contributed by atoms with E-state index in [4.69, 9.17) is 19.0 Å². The summed E-state index contributed by atoms with van der Waals surface area (Å²) in [5.74, 6) is 3.55. The number of hydrogen-bond acceptors (Lipinski definition) is 7. The van der Waals surface area contributed by atoms with Gasteiger partial charge in [-0.1, -0.05) is 5.16 Å². The molecule has 1 aromatic rings. The molecule has 4 fully saturated rings.